The van der Waals surface area contributed by atoms with Crippen LogP contribution in [0.3, 0.4) is 0 Å². The van der Waals surface area contributed by atoms with E-state index in [0.29, 0.717) is 18.1 Å². The third kappa shape index (κ3) is 6.22. The van der Waals surface area contributed by atoms with E-state index in [1.165, 1.54) is 11.1 Å². The molecule has 2 nitrogen and oxygen atoms in total. The fourth-order valence-electron chi connectivity index (χ4n) is 2.31. The number of ether oxygens (including phenoxy) is 1. The van der Waals surface area contributed by atoms with Gasteiger partial charge in [0.25, 0.3) is 0 Å². The first-order chi connectivity index (χ1) is 9.02. The molecule has 0 aromatic heterocycles. The minimum Gasteiger partial charge on any atom is -0.377 e. The zero-order chi connectivity index (χ0) is 14.3. The second kappa shape index (κ2) is 8.34. The first-order valence-electron chi connectivity index (χ1n) is 7.44. The number of aryl methyl sites for hydroxylation is 1. The van der Waals surface area contributed by atoms with E-state index < -0.39 is 0 Å². The topological polar surface area (TPSA) is 21.3 Å². The Hall–Kier alpha value is -0.860. The number of hydrogen-bond acceptors (Lipinski definition) is 2. The van der Waals surface area contributed by atoms with Crippen LogP contribution in [0.15, 0.2) is 24.3 Å². The van der Waals surface area contributed by atoms with E-state index >= 15 is 0 Å². The molecule has 0 spiro atoms. The van der Waals surface area contributed by atoms with Gasteiger partial charge in [-0.05, 0) is 38.3 Å². The van der Waals surface area contributed by atoms with Crippen molar-refractivity contribution in [2.45, 2.75) is 53.2 Å². The summed E-state index contributed by atoms with van der Waals surface area (Å²) in [6, 6.07) is 9.01. The largest absolute Gasteiger partial charge is 0.377 e. The van der Waals surface area contributed by atoms with Gasteiger partial charge in [0.2, 0.25) is 0 Å². The summed E-state index contributed by atoms with van der Waals surface area (Å²) < 4.78 is 5.99. The van der Waals surface area contributed by atoms with E-state index in [1.54, 1.807) is 0 Å². The van der Waals surface area contributed by atoms with Gasteiger partial charge in [0.05, 0.1) is 18.8 Å². The van der Waals surface area contributed by atoms with E-state index in [4.69, 9.17) is 4.74 Å². The Labute approximate surface area is 118 Å². The lowest BCUT2D eigenvalue weighted by Crippen LogP contribution is -2.27. The molecular weight excluding hydrogens is 234 g/mol. The average molecular weight is 263 g/mol. The predicted octanol–water partition coefficient (Wildman–Crippen LogP) is 4.10. The Morgan fingerprint density at radius 3 is 2.26 bits per heavy atom. The molecule has 1 aromatic carbocycles. The molecule has 0 heterocycles. The summed E-state index contributed by atoms with van der Waals surface area (Å²) in [5, 5.41) is 3.50. The summed E-state index contributed by atoms with van der Waals surface area (Å²) in [6.45, 7) is 12.6. The number of likely N-dealkylation sites (N-methyl/N-ethyl adjacent to an activating group) is 1. The number of rotatable bonds is 8. The molecule has 0 bridgehead atoms. The Morgan fingerprint density at radius 1 is 1.11 bits per heavy atom. The SMILES string of the molecule is CCNC(COC(C)CC(C)C)c1ccc(C)cc1. The molecule has 1 rings (SSSR count). The highest BCUT2D eigenvalue weighted by Gasteiger charge is 2.13. The second-order valence-corrected chi connectivity index (χ2v) is 5.79. The number of nitrogens with one attached hydrogen (secondary N) is 1. The van der Waals surface area contributed by atoms with Crippen LogP contribution in [-0.4, -0.2) is 19.3 Å². The molecule has 2 atom stereocenters. The van der Waals surface area contributed by atoms with Crippen LogP contribution in [0.1, 0.15) is 51.3 Å². The normalized spacial score (nSPS) is 14.6. The molecule has 1 aromatic rings. The first-order valence-corrected chi connectivity index (χ1v) is 7.44. The molecule has 0 fully saturated rings. The van der Waals surface area contributed by atoms with Crippen molar-refractivity contribution in [1.82, 2.24) is 5.32 Å². The van der Waals surface area contributed by atoms with Crippen molar-refractivity contribution in [1.29, 1.82) is 0 Å². The molecule has 0 aliphatic rings. The van der Waals surface area contributed by atoms with E-state index in [2.05, 4.69) is 64.2 Å². The van der Waals surface area contributed by atoms with Crippen LogP contribution < -0.4 is 5.32 Å². The van der Waals surface area contributed by atoms with Crippen LogP contribution in [0.4, 0.5) is 0 Å². The molecule has 108 valence electrons. The molecule has 2 heteroatoms. The maximum atomic E-state index is 5.99. The van der Waals surface area contributed by atoms with E-state index in [0.717, 1.165) is 19.6 Å². The van der Waals surface area contributed by atoms with Crippen molar-refractivity contribution in [3.8, 4) is 0 Å². The second-order valence-electron chi connectivity index (χ2n) is 5.79. The van der Waals surface area contributed by atoms with Gasteiger partial charge in [0.1, 0.15) is 0 Å². The zero-order valence-corrected chi connectivity index (χ0v) is 13.1. The van der Waals surface area contributed by atoms with E-state index in [1.807, 2.05) is 0 Å². The predicted molar refractivity (Wildman–Crippen MR) is 82.5 cm³/mol. The van der Waals surface area contributed by atoms with Crippen LogP contribution in [0.5, 0.6) is 0 Å². The fraction of sp³-hybridized carbons (Fsp3) is 0.647. The van der Waals surface area contributed by atoms with Gasteiger partial charge in [-0.15, -0.1) is 0 Å². The Balaban J connectivity index is 2.55. The van der Waals surface area contributed by atoms with Gasteiger partial charge in [-0.3, -0.25) is 0 Å². The van der Waals surface area contributed by atoms with Crippen LogP contribution >= 0.6 is 0 Å². The van der Waals surface area contributed by atoms with Crippen molar-refractivity contribution in [3.05, 3.63) is 35.4 Å². The maximum absolute atomic E-state index is 5.99. The monoisotopic (exact) mass is 263 g/mol. The van der Waals surface area contributed by atoms with Gasteiger partial charge >= 0.3 is 0 Å². The van der Waals surface area contributed by atoms with E-state index in [9.17, 15) is 0 Å². The highest BCUT2D eigenvalue weighted by atomic mass is 16.5. The molecule has 19 heavy (non-hydrogen) atoms. The molecule has 0 radical (unpaired) electrons. The summed E-state index contributed by atoms with van der Waals surface area (Å²) in [7, 11) is 0. The summed E-state index contributed by atoms with van der Waals surface area (Å²) in [6.07, 6.45) is 1.44. The number of hydrogen-bond donors (Lipinski definition) is 1. The lowest BCUT2D eigenvalue weighted by atomic mass is 10.0. The number of benzene rings is 1. The highest BCUT2D eigenvalue weighted by molar-refractivity contribution is 5.24. The van der Waals surface area contributed by atoms with Gasteiger partial charge in [-0.25, -0.2) is 0 Å². The fourth-order valence-corrected chi connectivity index (χ4v) is 2.31. The van der Waals surface area contributed by atoms with Crippen LogP contribution in [0.2, 0.25) is 0 Å². The molecule has 0 saturated carbocycles. The summed E-state index contributed by atoms with van der Waals surface area (Å²) in [5.41, 5.74) is 2.61. The molecule has 0 aliphatic carbocycles. The maximum Gasteiger partial charge on any atom is 0.0665 e. The quantitative estimate of drug-likeness (QED) is 0.762. The van der Waals surface area contributed by atoms with Crippen LogP contribution in [0.25, 0.3) is 0 Å². The zero-order valence-electron chi connectivity index (χ0n) is 13.1. The summed E-state index contributed by atoms with van der Waals surface area (Å²) >= 11 is 0. The smallest absolute Gasteiger partial charge is 0.0665 e. The highest BCUT2D eigenvalue weighted by Crippen LogP contribution is 2.16. The van der Waals surface area contributed by atoms with Crippen LogP contribution in [0, 0.1) is 12.8 Å². The third-order valence-electron chi connectivity index (χ3n) is 3.28. The molecule has 2 unspecified atom stereocenters. The minimum atomic E-state index is 0.292. The van der Waals surface area contributed by atoms with Gasteiger partial charge in [0, 0.05) is 0 Å². The van der Waals surface area contributed by atoms with Crippen molar-refractivity contribution < 1.29 is 4.74 Å². The van der Waals surface area contributed by atoms with Gasteiger partial charge < -0.3 is 10.1 Å². The summed E-state index contributed by atoms with van der Waals surface area (Å²) in [4.78, 5) is 0. The summed E-state index contributed by atoms with van der Waals surface area (Å²) in [5.74, 6) is 0.687. The van der Waals surface area contributed by atoms with E-state index in [-0.39, 0.29) is 0 Å². The van der Waals surface area contributed by atoms with Crippen molar-refractivity contribution in [3.63, 3.8) is 0 Å². The third-order valence-corrected chi connectivity index (χ3v) is 3.28. The average Bonchev–Trinajstić information content (AvgIpc) is 2.35. The van der Waals surface area contributed by atoms with Crippen LogP contribution in [-0.2, 0) is 4.74 Å². The van der Waals surface area contributed by atoms with Gasteiger partial charge in [-0.2, -0.15) is 0 Å². The molecule has 1 N–H and O–H groups in total. The lowest BCUT2D eigenvalue weighted by molar-refractivity contribution is 0.0373. The molecule has 0 aliphatic heterocycles. The van der Waals surface area contributed by atoms with Gasteiger partial charge in [-0.1, -0.05) is 50.6 Å². The molecule has 0 saturated heterocycles. The lowest BCUT2D eigenvalue weighted by Gasteiger charge is -2.22. The van der Waals surface area contributed by atoms with Crippen molar-refractivity contribution in [2.75, 3.05) is 13.2 Å². The molecular formula is C17H29NO. The minimum absolute atomic E-state index is 0.292. The standard InChI is InChI=1S/C17H29NO/c1-6-18-17(12-19-15(5)11-13(2)3)16-9-7-14(4)8-10-16/h7-10,13,15,17-18H,6,11-12H2,1-5H3. The Morgan fingerprint density at radius 2 is 1.74 bits per heavy atom. The van der Waals surface area contributed by atoms with Gasteiger partial charge in [0.15, 0.2) is 0 Å². The Bertz CT molecular complexity index is 345. The van der Waals surface area contributed by atoms with Crippen molar-refractivity contribution >= 4 is 0 Å². The molecule has 0 amide bonds. The Kier molecular flexibility index (Phi) is 7.11. The van der Waals surface area contributed by atoms with Crippen molar-refractivity contribution in [2.24, 2.45) is 5.92 Å². The first kappa shape index (κ1) is 16.2.